The zero-order valence-electron chi connectivity index (χ0n) is 12.8. The van der Waals surface area contributed by atoms with Gasteiger partial charge in [0, 0.05) is 12.1 Å². The van der Waals surface area contributed by atoms with E-state index in [0.29, 0.717) is 11.1 Å². The summed E-state index contributed by atoms with van der Waals surface area (Å²) in [5, 5.41) is 10.6. The van der Waals surface area contributed by atoms with Crippen LogP contribution in [-0.2, 0) is 20.3 Å². The SMILES string of the molecule is CCOC(=O)c1ccc(CS(=O)(=O)c2ccc([N+](=O)[O-])cc2)cc1. The predicted octanol–water partition coefficient (Wildman–Crippen LogP) is 2.75. The van der Waals surface area contributed by atoms with Gasteiger partial charge < -0.3 is 4.74 Å². The maximum atomic E-state index is 12.3. The molecule has 0 N–H and O–H groups in total. The first kappa shape index (κ1) is 17.6. The molecule has 0 heterocycles. The summed E-state index contributed by atoms with van der Waals surface area (Å²) >= 11 is 0. The lowest BCUT2D eigenvalue weighted by Gasteiger charge is -2.06. The van der Waals surface area contributed by atoms with Crippen LogP contribution in [0.15, 0.2) is 53.4 Å². The maximum absolute atomic E-state index is 12.3. The molecule has 0 aromatic heterocycles. The molecule has 0 saturated carbocycles. The van der Waals surface area contributed by atoms with Crippen LogP contribution in [0.2, 0.25) is 0 Å². The molecule has 0 aliphatic rings. The maximum Gasteiger partial charge on any atom is 0.338 e. The molecule has 126 valence electrons. The Morgan fingerprint density at radius 2 is 1.67 bits per heavy atom. The fourth-order valence-corrected chi connectivity index (χ4v) is 3.38. The fraction of sp³-hybridized carbons (Fsp3) is 0.188. The topological polar surface area (TPSA) is 104 Å². The van der Waals surface area contributed by atoms with E-state index < -0.39 is 20.7 Å². The van der Waals surface area contributed by atoms with Crippen LogP contribution in [0.5, 0.6) is 0 Å². The van der Waals surface area contributed by atoms with Crippen molar-refractivity contribution in [3.05, 3.63) is 69.8 Å². The number of benzene rings is 2. The number of hydrogen-bond acceptors (Lipinski definition) is 6. The minimum Gasteiger partial charge on any atom is -0.462 e. The van der Waals surface area contributed by atoms with Gasteiger partial charge in [-0.25, -0.2) is 13.2 Å². The number of nitro benzene ring substituents is 1. The van der Waals surface area contributed by atoms with E-state index in [2.05, 4.69) is 0 Å². The van der Waals surface area contributed by atoms with Gasteiger partial charge >= 0.3 is 5.97 Å². The van der Waals surface area contributed by atoms with Gasteiger partial charge in [0.25, 0.3) is 5.69 Å². The molecule has 24 heavy (non-hydrogen) atoms. The van der Waals surface area contributed by atoms with Crippen LogP contribution < -0.4 is 0 Å². The Labute approximate surface area is 139 Å². The van der Waals surface area contributed by atoms with Crippen molar-refractivity contribution in [2.75, 3.05) is 6.61 Å². The van der Waals surface area contributed by atoms with Crippen molar-refractivity contribution in [1.29, 1.82) is 0 Å². The molecule has 0 fully saturated rings. The van der Waals surface area contributed by atoms with Gasteiger partial charge in [-0.1, -0.05) is 12.1 Å². The van der Waals surface area contributed by atoms with Crippen molar-refractivity contribution >= 4 is 21.5 Å². The lowest BCUT2D eigenvalue weighted by atomic mass is 10.1. The summed E-state index contributed by atoms with van der Waals surface area (Å²) in [4.78, 5) is 21.6. The molecule has 0 atom stereocenters. The molecule has 2 rings (SSSR count). The Balaban J connectivity index is 2.16. The highest BCUT2D eigenvalue weighted by atomic mass is 32.2. The number of sulfone groups is 1. The molecule has 8 heteroatoms. The highest BCUT2D eigenvalue weighted by molar-refractivity contribution is 7.90. The van der Waals surface area contributed by atoms with Gasteiger partial charge in [-0.2, -0.15) is 0 Å². The smallest absolute Gasteiger partial charge is 0.338 e. The van der Waals surface area contributed by atoms with Gasteiger partial charge in [0.1, 0.15) is 0 Å². The molecule has 0 bridgehead atoms. The predicted molar refractivity (Wildman–Crippen MR) is 86.4 cm³/mol. The van der Waals surface area contributed by atoms with Gasteiger partial charge in [-0.05, 0) is 36.8 Å². The Morgan fingerprint density at radius 1 is 1.08 bits per heavy atom. The Kier molecular flexibility index (Phi) is 5.30. The van der Waals surface area contributed by atoms with Crippen LogP contribution in [0.25, 0.3) is 0 Å². The summed E-state index contributed by atoms with van der Waals surface area (Å²) in [6.07, 6.45) is 0. The quantitative estimate of drug-likeness (QED) is 0.451. The second-order valence-electron chi connectivity index (χ2n) is 4.93. The fourth-order valence-electron chi connectivity index (χ4n) is 2.03. The molecule has 0 unspecified atom stereocenters. The van der Waals surface area contributed by atoms with Gasteiger partial charge in [0.05, 0.1) is 27.7 Å². The van der Waals surface area contributed by atoms with Crippen molar-refractivity contribution < 1.29 is 22.9 Å². The highest BCUT2D eigenvalue weighted by Gasteiger charge is 2.17. The number of carbonyl (C=O) groups excluding carboxylic acids is 1. The van der Waals surface area contributed by atoms with Gasteiger partial charge in [0.2, 0.25) is 0 Å². The normalized spacial score (nSPS) is 11.0. The lowest BCUT2D eigenvalue weighted by molar-refractivity contribution is -0.384. The average molecular weight is 349 g/mol. The van der Waals surface area contributed by atoms with Crippen molar-refractivity contribution in [2.45, 2.75) is 17.6 Å². The van der Waals surface area contributed by atoms with E-state index in [1.165, 1.54) is 36.4 Å². The molecule has 2 aromatic carbocycles. The molecule has 0 aliphatic heterocycles. The summed E-state index contributed by atoms with van der Waals surface area (Å²) < 4.78 is 29.5. The van der Waals surface area contributed by atoms with Crippen LogP contribution in [0.3, 0.4) is 0 Å². The number of non-ortho nitro benzene ring substituents is 1. The largest absolute Gasteiger partial charge is 0.462 e. The van der Waals surface area contributed by atoms with Gasteiger partial charge in [-0.15, -0.1) is 0 Å². The zero-order chi connectivity index (χ0) is 17.7. The molecule has 0 radical (unpaired) electrons. The number of esters is 1. The molecule has 7 nitrogen and oxygen atoms in total. The van der Waals surface area contributed by atoms with E-state index in [0.717, 1.165) is 12.1 Å². The van der Waals surface area contributed by atoms with Gasteiger partial charge in [-0.3, -0.25) is 10.1 Å². The standard InChI is InChI=1S/C16H15NO6S/c1-2-23-16(18)13-5-3-12(4-6-13)11-24(21,22)15-9-7-14(8-10-15)17(19)20/h3-10H,2,11H2,1H3. The highest BCUT2D eigenvalue weighted by Crippen LogP contribution is 2.20. The average Bonchev–Trinajstić information content (AvgIpc) is 2.55. The Bertz CT molecular complexity index is 841. The van der Waals surface area contributed by atoms with E-state index in [1.54, 1.807) is 6.92 Å². The zero-order valence-corrected chi connectivity index (χ0v) is 13.7. The number of hydrogen-bond donors (Lipinski definition) is 0. The molecule has 0 amide bonds. The molecule has 0 spiro atoms. The monoisotopic (exact) mass is 349 g/mol. The number of nitrogens with zero attached hydrogens (tertiary/aromatic N) is 1. The minimum atomic E-state index is -3.64. The van der Waals surface area contributed by atoms with E-state index >= 15 is 0 Å². The minimum absolute atomic E-state index is 0.00238. The summed E-state index contributed by atoms with van der Waals surface area (Å²) in [5.41, 5.74) is 0.669. The van der Waals surface area contributed by atoms with Gasteiger partial charge in [0.15, 0.2) is 9.84 Å². The van der Waals surface area contributed by atoms with E-state index in [9.17, 15) is 23.3 Å². The second-order valence-corrected chi connectivity index (χ2v) is 6.92. The summed E-state index contributed by atoms with van der Waals surface area (Å²) in [5.74, 6) is -0.740. The van der Waals surface area contributed by atoms with Crippen molar-refractivity contribution in [3.63, 3.8) is 0 Å². The lowest BCUT2D eigenvalue weighted by Crippen LogP contribution is -2.07. The summed E-state index contributed by atoms with van der Waals surface area (Å²) in [6.45, 7) is 1.96. The van der Waals surface area contributed by atoms with Crippen molar-refractivity contribution in [3.8, 4) is 0 Å². The van der Waals surface area contributed by atoms with Crippen molar-refractivity contribution in [2.24, 2.45) is 0 Å². The number of rotatable bonds is 6. The second kappa shape index (κ2) is 7.22. The van der Waals surface area contributed by atoms with Crippen LogP contribution in [0.1, 0.15) is 22.8 Å². The van der Waals surface area contributed by atoms with Crippen LogP contribution in [0.4, 0.5) is 5.69 Å². The molecule has 0 aliphatic carbocycles. The number of nitro groups is 1. The Morgan fingerprint density at radius 3 is 2.17 bits per heavy atom. The van der Waals surface area contributed by atoms with Crippen LogP contribution >= 0.6 is 0 Å². The van der Waals surface area contributed by atoms with Crippen molar-refractivity contribution in [1.82, 2.24) is 0 Å². The first-order chi connectivity index (χ1) is 11.3. The third-order valence-electron chi connectivity index (χ3n) is 3.23. The number of ether oxygens (including phenoxy) is 1. The summed E-state index contributed by atoms with van der Waals surface area (Å²) in [6, 6.07) is 10.8. The van der Waals surface area contributed by atoms with Crippen LogP contribution in [-0.4, -0.2) is 25.9 Å². The first-order valence-electron chi connectivity index (χ1n) is 7.07. The molecular weight excluding hydrogens is 334 g/mol. The van der Waals surface area contributed by atoms with E-state index in [1.807, 2.05) is 0 Å². The first-order valence-corrected chi connectivity index (χ1v) is 8.72. The third-order valence-corrected chi connectivity index (χ3v) is 4.93. The number of carbonyl (C=O) groups is 1. The third kappa shape index (κ3) is 4.17. The van der Waals surface area contributed by atoms with E-state index in [-0.39, 0.29) is 22.9 Å². The Hall–Kier alpha value is -2.74. The molecule has 2 aromatic rings. The molecular formula is C16H15NO6S. The molecule has 0 saturated heterocycles. The van der Waals surface area contributed by atoms with Crippen LogP contribution in [0, 0.1) is 10.1 Å². The van der Waals surface area contributed by atoms with E-state index in [4.69, 9.17) is 4.74 Å². The summed E-state index contributed by atoms with van der Waals surface area (Å²) in [7, 11) is -3.64.